The Labute approximate surface area is 109 Å². The van der Waals surface area contributed by atoms with Crippen LogP contribution in [0.25, 0.3) is 0 Å². The highest BCUT2D eigenvalue weighted by Crippen LogP contribution is 2.36. The molecule has 1 aromatic carbocycles. The van der Waals surface area contributed by atoms with Crippen molar-refractivity contribution in [2.45, 2.75) is 13.0 Å². The molecule has 2 fully saturated rings. The summed E-state index contributed by atoms with van der Waals surface area (Å²) in [6, 6.07) is 4.76. The summed E-state index contributed by atoms with van der Waals surface area (Å²) >= 11 is 0. The highest BCUT2D eigenvalue weighted by Gasteiger charge is 2.54. The molecular weight excluding hydrogens is 251 g/mol. The van der Waals surface area contributed by atoms with Crippen LogP contribution in [0, 0.1) is 11.2 Å². The van der Waals surface area contributed by atoms with Crippen LogP contribution in [0.3, 0.4) is 0 Å². The van der Waals surface area contributed by atoms with Crippen molar-refractivity contribution in [3.8, 4) is 0 Å². The molecule has 2 atom stereocenters. The number of nitrogens with zero attached hydrogens (tertiary/aromatic N) is 1. The summed E-state index contributed by atoms with van der Waals surface area (Å²) in [6.07, 6.45) is 0. The lowest BCUT2D eigenvalue weighted by Gasteiger charge is -2.39. The number of nitrogens with one attached hydrogen (secondary N) is 1. The van der Waals surface area contributed by atoms with E-state index < -0.39 is 23.2 Å². The molecule has 0 aromatic heterocycles. The molecule has 0 saturated carbocycles. The van der Waals surface area contributed by atoms with Crippen LogP contribution in [0.1, 0.15) is 6.92 Å². The fourth-order valence-electron chi connectivity index (χ4n) is 2.50. The molecule has 5 nitrogen and oxygen atoms in total. The molecule has 0 radical (unpaired) electrons. The zero-order valence-electron chi connectivity index (χ0n) is 10.4. The Kier molecular flexibility index (Phi) is 2.56. The molecule has 1 aromatic rings. The Balaban J connectivity index is 2.05. The van der Waals surface area contributed by atoms with Crippen molar-refractivity contribution < 1.29 is 18.7 Å². The van der Waals surface area contributed by atoms with Gasteiger partial charge in [-0.05, 0) is 19.1 Å². The highest BCUT2D eigenvalue weighted by atomic mass is 19.1. The second-order valence-corrected chi connectivity index (χ2v) is 5.03. The van der Waals surface area contributed by atoms with Gasteiger partial charge in [0.2, 0.25) is 5.91 Å². The van der Waals surface area contributed by atoms with Gasteiger partial charge in [-0.2, -0.15) is 0 Å². The van der Waals surface area contributed by atoms with Gasteiger partial charge < -0.3 is 10.1 Å². The zero-order chi connectivity index (χ0) is 13.6. The maximum absolute atomic E-state index is 13.8. The monoisotopic (exact) mass is 264 g/mol. The molecular formula is C13H13FN2O3. The Morgan fingerprint density at radius 3 is 2.89 bits per heavy atom. The van der Waals surface area contributed by atoms with Gasteiger partial charge in [0.25, 0.3) is 0 Å². The Hall–Kier alpha value is -1.95. The molecule has 6 heteroatoms. The van der Waals surface area contributed by atoms with Crippen LogP contribution in [-0.4, -0.2) is 31.2 Å². The largest absolute Gasteiger partial charge is 0.378 e. The van der Waals surface area contributed by atoms with E-state index in [4.69, 9.17) is 4.74 Å². The number of anilines is 1. The molecule has 19 heavy (non-hydrogen) atoms. The predicted molar refractivity (Wildman–Crippen MR) is 65.1 cm³/mol. The van der Waals surface area contributed by atoms with Crippen LogP contribution in [0.5, 0.6) is 0 Å². The lowest BCUT2D eigenvalue weighted by Crippen LogP contribution is -2.65. The second-order valence-electron chi connectivity index (χ2n) is 5.03. The fraction of sp³-hybridized carbons (Fsp3) is 0.385. The number of hydrogen-bond acceptors (Lipinski definition) is 3. The maximum Gasteiger partial charge on any atom is 0.329 e. The average Bonchev–Trinajstić information content (AvgIpc) is 2.75. The molecule has 1 N–H and O–H groups in total. The summed E-state index contributed by atoms with van der Waals surface area (Å²) in [4.78, 5) is 25.4. The number of benzene rings is 1. The van der Waals surface area contributed by atoms with E-state index in [1.807, 2.05) is 0 Å². The Bertz CT molecular complexity index is 563. The van der Waals surface area contributed by atoms with E-state index >= 15 is 0 Å². The lowest BCUT2D eigenvalue weighted by atomic mass is 9.82. The van der Waals surface area contributed by atoms with E-state index in [2.05, 4.69) is 5.32 Å². The minimum Gasteiger partial charge on any atom is -0.378 e. The van der Waals surface area contributed by atoms with Crippen LogP contribution in [-0.2, 0) is 9.53 Å². The number of imide groups is 1. The number of rotatable bonds is 1. The first-order chi connectivity index (χ1) is 9.04. The number of halogens is 1. The quantitative estimate of drug-likeness (QED) is 0.831. The third-order valence-corrected chi connectivity index (χ3v) is 3.74. The molecule has 0 bridgehead atoms. The van der Waals surface area contributed by atoms with Crippen molar-refractivity contribution in [2.75, 3.05) is 18.1 Å². The van der Waals surface area contributed by atoms with E-state index in [0.29, 0.717) is 6.61 Å². The van der Waals surface area contributed by atoms with Gasteiger partial charge in [-0.1, -0.05) is 12.1 Å². The third-order valence-electron chi connectivity index (χ3n) is 3.74. The summed E-state index contributed by atoms with van der Waals surface area (Å²) in [5.74, 6) is -1.03. The van der Waals surface area contributed by atoms with E-state index in [0.717, 1.165) is 4.90 Å². The van der Waals surface area contributed by atoms with E-state index in [-0.39, 0.29) is 18.3 Å². The minimum absolute atomic E-state index is 0.0309. The van der Waals surface area contributed by atoms with Gasteiger partial charge in [0, 0.05) is 0 Å². The average molecular weight is 264 g/mol. The van der Waals surface area contributed by atoms with E-state index in [1.165, 1.54) is 18.2 Å². The summed E-state index contributed by atoms with van der Waals surface area (Å²) in [5, 5.41) is 2.70. The molecule has 2 aliphatic heterocycles. The van der Waals surface area contributed by atoms with Gasteiger partial charge in [-0.15, -0.1) is 0 Å². The van der Waals surface area contributed by atoms with Gasteiger partial charge in [0.15, 0.2) is 0 Å². The molecule has 3 amide bonds. The van der Waals surface area contributed by atoms with Gasteiger partial charge in [-0.25, -0.2) is 14.1 Å². The van der Waals surface area contributed by atoms with Crippen molar-refractivity contribution in [3.63, 3.8) is 0 Å². The van der Waals surface area contributed by atoms with Crippen LogP contribution in [0.15, 0.2) is 24.3 Å². The second kappa shape index (κ2) is 4.03. The van der Waals surface area contributed by atoms with Gasteiger partial charge in [0.1, 0.15) is 5.82 Å². The summed E-state index contributed by atoms with van der Waals surface area (Å²) in [5.41, 5.74) is -0.868. The van der Waals surface area contributed by atoms with Crippen molar-refractivity contribution in [3.05, 3.63) is 30.1 Å². The highest BCUT2D eigenvalue weighted by molar-refractivity contribution is 6.18. The fourth-order valence-corrected chi connectivity index (χ4v) is 2.50. The normalized spacial score (nSPS) is 30.2. The van der Waals surface area contributed by atoms with Gasteiger partial charge >= 0.3 is 6.03 Å². The molecule has 0 spiro atoms. The van der Waals surface area contributed by atoms with E-state index in [9.17, 15) is 14.0 Å². The number of fused-ring (bicyclic) bond motifs is 1. The number of carbonyl (C=O) groups is 2. The van der Waals surface area contributed by atoms with Crippen molar-refractivity contribution >= 4 is 17.6 Å². The molecule has 0 aliphatic carbocycles. The summed E-state index contributed by atoms with van der Waals surface area (Å²) in [6.45, 7) is 2.25. The molecule has 2 aliphatic rings. The SMILES string of the molecule is CC12COCC1NC(=O)N(c1ccccc1F)C2=O. The van der Waals surface area contributed by atoms with Crippen LogP contribution in [0.4, 0.5) is 14.9 Å². The number of carbonyl (C=O) groups excluding carboxylic acids is 2. The molecule has 2 heterocycles. The number of hydrogen-bond donors (Lipinski definition) is 1. The van der Waals surface area contributed by atoms with Crippen LogP contribution >= 0.6 is 0 Å². The van der Waals surface area contributed by atoms with Crippen LogP contribution in [0.2, 0.25) is 0 Å². The van der Waals surface area contributed by atoms with E-state index in [1.54, 1.807) is 13.0 Å². The smallest absolute Gasteiger partial charge is 0.329 e. The molecule has 3 rings (SSSR count). The topological polar surface area (TPSA) is 58.6 Å². The summed E-state index contributed by atoms with van der Waals surface area (Å²) < 4.78 is 19.1. The van der Waals surface area contributed by atoms with Crippen molar-refractivity contribution in [1.82, 2.24) is 5.32 Å². The number of urea groups is 1. The van der Waals surface area contributed by atoms with Gasteiger partial charge in [-0.3, -0.25) is 4.79 Å². The lowest BCUT2D eigenvalue weighted by molar-refractivity contribution is -0.128. The number of ether oxygens (including phenoxy) is 1. The zero-order valence-corrected chi connectivity index (χ0v) is 10.4. The third kappa shape index (κ3) is 1.63. The molecule has 100 valence electrons. The Morgan fingerprint density at radius 2 is 2.16 bits per heavy atom. The molecule has 2 saturated heterocycles. The maximum atomic E-state index is 13.8. The Morgan fingerprint density at radius 1 is 1.42 bits per heavy atom. The van der Waals surface area contributed by atoms with Crippen LogP contribution < -0.4 is 10.2 Å². The minimum atomic E-state index is -0.837. The first kappa shape index (κ1) is 12.1. The van der Waals surface area contributed by atoms with Gasteiger partial charge in [0.05, 0.1) is 30.4 Å². The first-order valence-electron chi connectivity index (χ1n) is 6.01. The van der Waals surface area contributed by atoms with Crippen molar-refractivity contribution in [2.24, 2.45) is 5.41 Å². The number of para-hydroxylation sites is 1. The van der Waals surface area contributed by atoms with Crippen molar-refractivity contribution in [1.29, 1.82) is 0 Å². The number of amides is 3. The standard InChI is InChI=1S/C13H13FN2O3/c1-13-7-19-6-10(13)15-12(18)16(11(13)17)9-5-3-2-4-8(9)14/h2-5,10H,6-7H2,1H3,(H,15,18). The molecule has 2 unspecified atom stereocenters. The summed E-state index contributed by atoms with van der Waals surface area (Å²) in [7, 11) is 0. The predicted octanol–water partition coefficient (Wildman–Crippen LogP) is 1.29. The first-order valence-corrected chi connectivity index (χ1v) is 6.01.